The smallest absolute Gasteiger partial charge is 0.325 e. The highest BCUT2D eigenvalue weighted by Crippen LogP contribution is 2.27. The summed E-state index contributed by atoms with van der Waals surface area (Å²) in [5.41, 5.74) is -0.344. The molecule has 1 amide bonds. The molecule has 0 fully saturated rings. The molecule has 0 aliphatic carbocycles. The van der Waals surface area contributed by atoms with Crippen LogP contribution in [0.3, 0.4) is 0 Å². The van der Waals surface area contributed by atoms with E-state index in [9.17, 15) is 19.7 Å². The predicted octanol–water partition coefficient (Wildman–Crippen LogP) is 2.27. The van der Waals surface area contributed by atoms with E-state index < -0.39 is 4.92 Å². The van der Waals surface area contributed by atoms with Crippen LogP contribution in [0.15, 0.2) is 28.2 Å². The number of halogens is 1. The van der Waals surface area contributed by atoms with Gasteiger partial charge in [0.25, 0.3) is 5.69 Å². The minimum atomic E-state index is -0.625. The van der Waals surface area contributed by atoms with E-state index in [1.807, 2.05) is 6.92 Å². The Morgan fingerprint density at radius 3 is 2.96 bits per heavy atom. The highest BCUT2D eigenvalue weighted by Gasteiger charge is 2.15. The molecule has 0 aliphatic rings. The molecule has 0 unspecified atom stereocenters. The molecule has 1 heterocycles. The highest BCUT2D eigenvalue weighted by molar-refractivity contribution is 7.99. The number of thioether (sulfide) groups is 1. The van der Waals surface area contributed by atoms with Crippen LogP contribution in [-0.4, -0.2) is 31.3 Å². The molecule has 2 aromatic rings. The first-order valence-electron chi connectivity index (χ1n) is 6.94. The molecule has 9 nitrogen and oxygen atoms in total. The first-order chi connectivity index (χ1) is 11.4. The Hall–Kier alpha value is -2.33. The molecule has 2 N–H and O–H groups in total. The van der Waals surface area contributed by atoms with E-state index in [0.717, 1.165) is 18.2 Å². The van der Waals surface area contributed by atoms with Crippen LogP contribution in [0.1, 0.15) is 13.3 Å². The number of amides is 1. The lowest BCUT2D eigenvalue weighted by molar-refractivity contribution is -0.384. The van der Waals surface area contributed by atoms with Crippen LogP contribution >= 0.6 is 23.4 Å². The van der Waals surface area contributed by atoms with E-state index in [4.69, 9.17) is 11.6 Å². The summed E-state index contributed by atoms with van der Waals surface area (Å²) >= 11 is 6.81. The third-order valence-electron chi connectivity index (χ3n) is 2.93. The molecule has 11 heteroatoms. The number of nitro groups is 1. The lowest BCUT2D eigenvalue weighted by Gasteiger charge is -2.06. The molecule has 128 valence electrons. The van der Waals surface area contributed by atoms with Crippen LogP contribution in [0.4, 0.5) is 11.4 Å². The number of aromatic amines is 1. The van der Waals surface area contributed by atoms with Crippen molar-refractivity contribution in [3.05, 3.63) is 43.8 Å². The van der Waals surface area contributed by atoms with E-state index in [2.05, 4.69) is 15.5 Å². The quantitative estimate of drug-likeness (QED) is 0.437. The number of carbonyl (C=O) groups excluding carboxylic acids is 1. The molecule has 0 bridgehead atoms. The monoisotopic (exact) mass is 371 g/mol. The summed E-state index contributed by atoms with van der Waals surface area (Å²) in [7, 11) is 0. The number of nitrogens with one attached hydrogen (secondary N) is 2. The second kappa shape index (κ2) is 7.97. The number of anilines is 1. The Morgan fingerprint density at radius 2 is 2.29 bits per heavy atom. The lowest BCUT2D eigenvalue weighted by atomic mass is 10.3. The zero-order chi connectivity index (χ0) is 17.7. The number of aromatic nitrogens is 3. The molecule has 0 spiro atoms. The third-order valence-corrected chi connectivity index (χ3v) is 4.23. The molecule has 1 aromatic carbocycles. The van der Waals surface area contributed by atoms with Crippen LogP contribution in [0, 0.1) is 10.1 Å². The van der Waals surface area contributed by atoms with Crippen molar-refractivity contribution in [1.82, 2.24) is 14.8 Å². The van der Waals surface area contributed by atoms with E-state index in [0.29, 0.717) is 11.7 Å². The molecule has 0 saturated heterocycles. The van der Waals surface area contributed by atoms with Gasteiger partial charge in [-0.1, -0.05) is 30.3 Å². The number of H-pyrrole nitrogens is 1. The summed E-state index contributed by atoms with van der Waals surface area (Å²) < 4.78 is 1.45. The lowest BCUT2D eigenvalue weighted by Crippen LogP contribution is -2.18. The summed E-state index contributed by atoms with van der Waals surface area (Å²) in [6.07, 6.45) is 0.758. The summed E-state index contributed by atoms with van der Waals surface area (Å²) in [5.74, 6) is -0.375. The van der Waals surface area contributed by atoms with Crippen LogP contribution in [-0.2, 0) is 11.3 Å². The van der Waals surface area contributed by atoms with Gasteiger partial charge in [0.05, 0.1) is 10.7 Å². The highest BCUT2D eigenvalue weighted by atomic mass is 35.5. The van der Waals surface area contributed by atoms with Crippen molar-refractivity contribution in [2.45, 2.75) is 25.0 Å². The van der Waals surface area contributed by atoms with Crippen molar-refractivity contribution in [2.24, 2.45) is 0 Å². The summed E-state index contributed by atoms with van der Waals surface area (Å²) in [5, 5.41) is 20.0. The first kappa shape index (κ1) is 18.0. The van der Waals surface area contributed by atoms with E-state index in [-0.39, 0.29) is 33.7 Å². The summed E-state index contributed by atoms with van der Waals surface area (Å²) in [4.78, 5) is 33.7. The number of rotatable bonds is 7. The van der Waals surface area contributed by atoms with Crippen molar-refractivity contribution in [3.8, 4) is 0 Å². The molecule has 1 aromatic heterocycles. The Kier molecular flexibility index (Phi) is 5.99. The fourth-order valence-electron chi connectivity index (χ4n) is 1.89. The number of nitrogens with zero attached hydrogens (tertiary/aromatic N) is 3. The minimum absolute atomic E-state index is 0.00440. The van der Waals surface area contributed by atoms with Gasteiger partial charge in [0.2, 0.25) is 5.91 Å². The van der Waals surface area contributed by atoms with E-state index >= 15 is 0 Å². The maximum absolute atomic E-state index is 12.0. The van der Waals surface area contributed by atoms with Gasteiger partial charge in [0.1, 0.15) is 5.02 Å². The van der Waals surface area contributed by atoms with Gasteiger partial charge in [0.15, 0.2) is 5.16 Å². The second-order valence-electron chi connectivity index (χ2n) is 4.72. The van der Waals surface area contributed by atoms with Crippen LogP contribution in [0.5, 0.6) is 0 Å². The van der Waals surface area contributed by atoms with Gasteiger partial charge in [-0.3, -0.25) is 19.5 Å². The molecule has 24 heavy (non-hydrogen) atoms. The number of hydrogen-bond donors (Lipinski definition) is 2. The van der Waals surface area contributed by atoms with E-state index in [1.54, 1.807) is 0 Å². The van der Waals surface area contributed by atoms with Crippen molar-refractivity contribution in [3.63, 3.8) is 0 Å². The predicted molar refractivity (Wildman–Crippen MR) is 90.6 cm³/mol. The van der Waals surface area contributed by atoms with Crippen LogP contribution in [0.25, 0.3) is 0 Å². The van der Waals surface area contributed by atoms with Crippen molar-refractivity contribution < 1.29 is 9.72 Å². The number of carbonyl (C=O) groups is 1. The normalized spacial score (nSPS) is 10.6. The Morgan fingerprint density at radius 1 is 1.54 bits per heavy atom. The molecular formula is C13H14ClN5O4S. The van der Waals surface area contributed by atoms with Gasteiger partial charge >= 0.3 is 5.69 Å². The fourth-order valence-corrected chi connectivity index (χ4v) is 2.85. The van der Waals surface area contributed by atoms with Crippen molar-refractivity contribution in [1.29, 1.82) is 0 Å². The largest absolute Gasteiger partial charge is 0.343 e. The standard InChI is InChI=1S/C13H14ClN5O4S/c1-2-5-18-12(21)16-17-13(18)24-7-11(20)15-8-3-4-9(14)10(6-8)19(22)23/h3-4,6H,2,5,7H2,1H3,(H,15,20)(H,16,21). The molecule has 0 saturated carbocycles. The molecule has 0 radical (unpaired) electrons. The summed E-state index contributed by atoms with van der Waals surface area (Å²) in [6, 6.07) is 4.00. The van der Waals surface area contributed by atoms with Crippen molar-refractivity contribution in [2.75, 3.05) is 11.1 Å². The van der Waals surface area contributed by atoms with Gasteiger partial charge < -0.3 is 5.32 Å². The Bertz CT molecular complexity index is 819. The maximum atomic E-state index is 12.0. The van der Waals surface area contributed by atoms with Gasteiger partial charge in [-0.15, -0.1) is 5.10 Å². The third kappa shape index (κ3) is 4.36. The number of hydrogen-bond acceptors (Lipinski definition) is 6. The van der Waals surface area contributed by atoms with Crippen LogP contribution in [0.2, 0.25) is 5.02 Å². The van der Waals surface area contributed by atoms with E-state index in [1.165, 1.54) is 22.8 Å². The minimum Gasteiger partial charge on any atom is -0.325 e. The number of benzene rings is 1. The SMILES string of the molecule is CCCn1c(SCC(=O)Nc2ccc(Cl)c([N+](=O)[O-])c2)n[nH]c1=O. The topological polar surface area (TPSA) is 123 Å². The molecule has 0 atom stereocenters. The summed E-state index contributed by atoms with van der Waals surface area (Å²) in [6.45, 7) is 2.43. The van der Waals surface area contributed by atoms with Crippen molar-refractivity contribution >= 4 is 40.6 Å². The molecule has 0 aliphatic heterocycles. The zero-order valence-electron chi connectivity index (χ0n) is 12.6. The Balaban J connectivity index is 2.00. The average Bonchev–Trinajstić information content (AvgIpc) is 2.88. The van der Waals surface area contributed by atoms with Gasteiger partial charge in [-0.25, -0.2) is 9.89 Å². The number of nitro benzene ring substituents is 1. The Labute approximate surface area is 145 Å². The van der Waals surface area contributed by atoms with Crippen LogP contribution < -0.4 is 11.0 Å². The first-order valence-corrected chi connectivity index (χ1v) is 8.30. The van der Waals surface area contributed by atoms with Gasteiger partial charge in [-0.2, -0.15) is 0 Å². The van der Waals surface area contributed by atoms with Gasteiger partial charge in [-0.05, 0) is 18.6 Å². The zero-order valence-corrected chi connectivity index (χ0v) is 14.2. The fraction of sp³-hybridized carbons (Fsp3) is 0.308. The molecule has 2 rings (SSSR count). The maximum Gasteiger partial charge on any atom is 0.343 e. The average molecular weight is 372 g/mol. The second-order valence-corrected chi connectivity index (χ2v) is 6.07. The molecular weight excluding hydrogens is 358 g/mol. The van der Waals surface area contributed by atoms with Gasteiger partial charge in [0, 0.05) is 18.3 Å².